The number of aliphatic hydroxyl groups excluding tert-OH is 1. The molecule has 1 rings (SSSR count). The normalized spacial score (nSPS) is 11.6. The standard InChI is InChI=1S/C17H19N3O.C2H6/c1-5-12(11-13(21)6-2)19-20-17-10-9-16(18)14(7-3)15(17)8-4;1-2/h5-11,21H,2-4,18H2,1H3;1-2H3/b12-5+,13-11+,20-19?;. The maximum atomic E-state index is 9.43. The summed E-state index contributed by atoms with van der Waals surface area (Å²) < 4.78 is 0. The van der Waals surface area contributed by atoms with E-state index in [2.05, 4.69) is 30.0 Å². The molecule has 1 aromatic carbocycles. The molecule has 0 aliphatic carbocycles. The van der Waals surface area contributed by atoms with Crippen LogP contribution in [0.1, 0.15) is 31.9 Å². The monoisotopic (exact) mass is 311 g/mol. The van der Waals surface area contributed by atoms with Crippen LogP contribution in [-0.4, -0.2) is 5.11 Å². The van der Waals surface area contributed by atoms with E-state index in [1.807, 2.05) is 13.8 Å². The lowest BCUT2D eigenvalue weighted by atomic mass is 10.0. The van der Waals surface area contributed by atoms with Crippen LogP contribution in [0, 0.1) is 0 Å². The van der Waals surface area contributed by atoms with Crippen LogP contribution in [0.2, 0.25) is 0 Å². The summed E-state index contributed by atoms with van der Waals surface area (Å²) in [6, 6.07) is 3.50. The molecule has 0 saturated heterocycles. The Morgan fingerprint density at radius 2 is 1.74 bits per heavy atom. The van der Waals surface area contributed by atoms with Crippen molar-refractivity contribution in [1.82, 2.24) is 0 Å². The van der Waals surface area contributed by atoms with Gasteiger partial charge in [-0.3, -0.25) is 0 Å². The Hall–Kier alpha value is -2.88. The van der Waals surface area contributed by atoms with E-state index in [0.29, 0.717) is 17.1 Å². The Labute approximate surface area is 138 Å². The van der Waals surface area contributed by atoms with Gasteiger partial charge in [0.05, 0.1) is 11.4 Å². The van der Waals surface area contributed by atoms with E-state index in [9.17, 15) is 5.11 Å². The maximum Gasteiger partial charge on any atom is 0.117 e. The smallest absolute Gasteiger partial charge is 0.117 e. The Morgan fingerprint density at radius 3 is 2.22 bits per heavy atom. The third kappa shape index (κ3) is 5.79. The number of benzene rings is 1. The summed E-state index contributed by atoms with van der Waals surface area (Å²) in [6.07, 6.45) is 7.84. The lowest BCUT2D eigenvalue weighted by molar-refractivity contribution is 0.432. The number of rotatable bonds is 6. The zero-order valence-corrected chi connectivity index (χ0v) is 14.1. The van der Waals surface area contributed by atoms with Gasteiger partial charge in [-0.2, -0.15) is 5.11 Å². The second kappa shape index (κ2) is 10.8. The second-order valence-corrected chi connectivity index (χ2v) is 4.10. The molecule has 0 aliphatic heterocycles. The Kier molecular flexibility index (Phi) is 9.44. The van der Waals surface area contributed by atoms with Crippen molar-refractivity contribution in [2.24, 2.45) is 10.2 Å². The van der Waals surface area contributed by atoms with Crippen LogP contribution >= 0.6 is 0 Å². The minimum absolute atomic E-state index is 0.0232. The number of aliphatic hydroxyl groups is 1. The highest BCUT2D eigenvalue weighted by Crippen LogP contribution is 2.30. The quantitative estimate of drug-likeness (QED) is 0.284. The Balaban J connectivity index is 0.00000232. The van der Waals surface area contributed by atoms with Gasteiger partial charge in [-0.15, -0.1) is 5.11 Å². The van der Waals surface area contributed by atoms with Crippen LogP contribution in [-0.2, 0) is 0 Å². The van der Waals surface area contributed by atoms with Gasteiger partial charge >= 0.3 is 0 Å². The van der Waals surface area contributed by atoms with Crippen molar-refractivity contribution in [2.75, 3.05) is 5.73 Å². The highest BCUT2D eigenvalue weighted by atomic mass is 16.3. The van der Waals surface area contributed by atoms with E-state index in [1.54, 1.807) is 37.3 Å². The number of azo groups is 1. The summed E-state index contributed by atoms with van der Waals surface area (Å²) in [6.45, 7) is 16.8. The number of hydrogen-bond acceptors (Lipinski definition) is 4. The molecule has 0 amide bonds. The molecule has 23 heavy (non-hydrogen) atoms. The molecule has 4 nitrogen and oxygen atoms in total. The van der Waals surface area contributed by atoms with Crippen LogP contribution in [0.4, 0.5) is 11.4 Å². The third-order valence-electron chi connectivity index (χ3n) is 2.78. The van der Waals surface area contributed by atoms with Gasteiger partial charge in [0, 0.05) is 22.9 Å². The highest BCUT2D eigenvalue weighted by Gasteiger charge is 2.06. The fourth-order valence-corrected chi connectivity index (χ4v) is 1.66. The Bertz CT molecular complexity index is 653. The molecule has 0 aliphatic rings. The number of allylic oxidation sites excluding steroid dienone is 3. The van der Waals surface area contributed by atoms with E-state index < -0.39 is 0 Å². The van der Waals surface area contributed by atoms with E-state index in [4.69, 9.17) is 5.73 Å². The lowest BCUT2D eigenvalue weighted by Crippen LogP contribution is -1.92. The molecule has 0 bridgehead atoms. The molecule has 4 heteroatoms. The van der Waals surface area contributed by atoms with Gasteiger partial charge in [-0.05, 0) is 25.1 Å². The van der Waals surface area contributed by atoms with Crippen molar-refractivity contribution >= 4 is 23.5 Å². The predicted octanol–water partition coefficient (Wildman–Crippen LogP) is 6.20. The van der Waals surface area contributed by atoms with Gasteiger partial charge in [0.2, 0.25) is 0 Å². The van der Waals surface area contributed by atoms with Crippen LogP contribution < -0.4 is 5.73 Å². The first-order valence-electron chi connectivity index (χ1n) is 7.35. The number of nitrogens with zero attached hydrogens (tertiary/aromatic N) is 2. The molecule has 0 radical (unpaired) electrons. The molecule has 0 atom stereocenters. The predicted molar refractivity (Wildman–Crippen MR) is 102 cm³/mol. The van der Waals surface area contributed by atoms with E-state index >= 15 is 0 Å². The molecule has 0 spiro atoms. The lowest BCUT2D eigenvalue weighted by Gasteiger charge is -2.07. The first kappa shape index (κ1) is 20.1. The van der Waals surface area contributed by atoms with Gasteiger partial charge in [0.15, 0.2) is 0 Å². The molecule has 0 unspecified atom stereocenters. The molecular weight excluding hydrogens is 286 g/mol. The summed E-state index contributed by atoms with van der Waals surface area (Å²) in [7, 11) is 0. The summed E-state index contributed by atoms with van der Waals surface area (Å²) in [4.78, 5) is 0. The van der Waals surface area contributed by atoms with Crippen molar-refractivity contribution in [2.45, 2.75) is 20.8 Å². The molecule has 0 heterocycles. The van der Waals surface area contributed by atoms with Crippen molar-refractivity contribution < 1.29 is 5.11 Å². The summed E-state index contributed by atoms with van der Waals surface area (Å²) in [5.41, 5.74) is 9.17. The molecule has 0 aromatic heterocycles. The topological polar surface area (TPSA) is 71.0 Å². The summed E-state index contributed by atoms with van der Waals surface area (Å²) in [5.74, 6) is 0.0232. The minimum Gasteiger partial charge on any atom is -0.508 e. The van der Waals surface area contributed by atoms with E-state index in [0.717, 1.165) is 11.1 Å². The van der Waals surface area contributed by atoms with Crippen LogP contribution in [0.3, 0.4) is 0 Å². The highest BCUT2D eigenvalue weighted by molar-refractivity contribution is 5.80. The van der Waals surface area contributed by atoms with Gasteiger partial charge < -0.3 is 10.8 Å². The van der Waals surface area contributed by atoms with Crippen LogP contribution in [0.5, 0.6) is 0 Å². The molecule has 1 aromatic rings. The van der Waals surface area contributed by atoms with Gasteiger partial charge in [0.1, 0.15) is 5.76 Å². The van der Waals surface area contributed by atoms with Crippen LogP contribution in [0.25, 0.3) is 12.2 Å². The first-order valence-corrected chi connectivity index (χ1v) is 7.35. The van der Waals surface area contributed by atoms with Gasteiger partial charge in [0.25, 0.3) is 0 Å². The molecule has 122 valence electrons. The number of nitrogen functional groups attached to an aromatic ring is 1. The van der Waals surface area contributed by atoms with Crippen molar-refractivity contribution in [3.8, 4) is 0 Å². The summed E-state index contributed by atoms with van der Waals surface area (Å²) in [5, 5.41) is 17.7. The minimum atomic E-state index is 0.0232. The number of hydrogen-bond donors (Lipinski definition) is 2. The maximum absolute atomic E-state index is 9.43. The van der Waals surface area contributed by atoms with Gasteiger partial charge in [-0.25, -0.2) is 0 Å². The molecular formula is C19H25N3O. The van der Waals surface area contributed by atoms with E-state index in [1.165, 1.54) is 12.2 Å². The zero-order chi connectivity index (χ0) is 17.8. The molecule has 0 fully saturated rings. The fraction of sp³-hybridized carbons (Fsp3) is 0.158. The third-order valence-corrected chi connectivity index (χ3v) is 2.78. The average molecular weight is 311 g/mol. The van der Waals surface area contributed by atoms with Crippen molar-refractivity contribution in [3.63, 3.8) is 0 Å². The summed E-state index contributed by atoms with van der Waals surface area (Å²) >= 11 is 0. The van der Waals surface area contributed by atoms with Crippen LogP contribution in [0.15, 0.2) is 71.8 Å². The van der Waals surface area contributed by atoms with E-state index in [-0.39, 0.29) is 5.76 Å². The SMILES string of the molecule is C=C/C(O)=C\C(=C/C)N=Nc1ccc(N)c(C=C)c1C=C.CC. The van der Waals surface area contributed by atoms with Gasteiger partial charge in [-0.1, -0.05) is 51.8 Å². The first-order chi connectivity index (χ1) is 11.1. The largest absolute Gasteiger partial charge is 0.508 e. The second-order valence-electron chi connectivity index (χ2n) is 4.10. The number of anilines is 1. The fourth-order valence-electron chi connectivity index (χ4n) is 1.66. The van der Waals surface area contributed by atoms with Crippen molar-refractivity contribution in [3.05, 3.63) is 72.7 Å². The Morgan fingerprint density at radius 1 is 1.13 bits per heavy atom. The molecule has 3 N–H and O–H groups in total. The molecule has 0 saturated carbocycles. The zero-order valence-electron chi connectivity index (χ0n) is 14.1. The number of nitrogens with two attached hydrogens (primary N) is 1. The average Bonchev–Trinajstić information content (AvgIpc) is 2.60. The van der Waals surface area contributed by atoms with Crippen molar-refractivity contribution in [1.29, 1.82) is 0 Å².